The maximum atomic E-state index is 11.5. The van der Waals surface area contributed by atoms with Crippen LogP contribution in [0.15, 0.2) is 11.6 Å². The van der Waals surface area contributed by atoms with Crippen molar-refractivity contribution in [3.63, 3.8) is 0 Å². The molecule has 0 aromatic carbocycles. The van der Waals surface area contributed by atoms with Gasteiger partial charge in [0.15, 0.2) is 0 Å². The van der Waals surface area contributed by atoms with Crippen molar-refractivity contribution in [3.8, 4) is 0 Å². The normalized spacial score (nSPS) is 29.4. The maximum Gasteiger partial charge on any atom is 0.407 e. The zero-order valence-electron chi connectivity index (χ0n) is 11.9. The Morgan fingerprint density at radius 3 is 2.41 bits per heavy atom. The summed E-state index contributed by atoms with van der Waals surface area (Å²) in [5.41, 5.74) is 1.31. The molecular formula is C14H25NO2. The van der Waals surface area contributed by atoms with E-state index >= 15 is 0 Å². The van der Waals surface area contributed by atoms with Crippen molar-refractivity contribution in [2.75, 3.05) is 6.61 Å². The van der Waals surface area contributed by atoms with E-state index in [-0.39, 0.29) is 17.0 Å². The minimum absolute atomic E-state index is 0.131. The zero-order valence-corrected chi connectivity index (χ0v) is 11.9. The predicted octanol–water partition coefficient (Wildman–Crippen LogP) is 3.50. The van der Waals surface area contributed by atoms with E-state index in [4.69, 9.17) is 4.74 Å². The van der Waals surface area contributed by atoms with Gasteiger partial charge in [-0.2, -0.15) is 0 Å². The number of carbonyl (C=O) groups excluding carboxylic acids is 1. The van der Waals surface area contributed by atoms with Crippen LogP contribution >= 0.6 is 0 Å². The van der Waals surface area contributed by atoms with E-state index in [2.05, 4.69) is 46.0 Å². The van der Waals surface area contributed by atoms with Crippen molar-refractivity contribution in [2.45, 2.75) is 53.5 Å². The molecule has 2 atom stereocenters. The third-order valence-corrected chi connectivity index (χ3v) is 4.22. The number of rotatable bonds is 4. The Labute approximate surface area is 105 Å². The lowest BCUT2D eigenvalue weighted by molar-refractivity contribution is 0.144. The molecule has 3 heteroatoms. The largest absolute Gasteiger partial charge is 0.450 e. The molecule has 0 bridgehead atoms. The Bertz CT molecular complexity index is 329. The topological polar surface area (TPSA) is 38.3 Å². The molecule has 1 aliphatic rings. The standard InChI is InChI=1S/C14H25NO2/c1-7-17-12(16)15-14(6)11(13(14,4)5)9-8-10(2)3/h8,11H,7,9H2,1-6H3,(H,15,16). The van der Waals surface area contributed by atoms with Crippen LogP contribution < -0.4 is 5.32 Å². The minimum atomic E-state index is -0.303. The third kappa shape index (κ3) is 2.64. The van der Waals surface area contributed by atoms with Crippen LogP contribution in [-0.2, 0) is 4.74 Å². The lowest BCUT2D eigenvalue weighted by atomic mass is 10.1. The maximum absolute atomic E-state index is 11.5. The van der Waals surface area contributed by atoms with Crippen molar-refractivity contribution in [1.82, 2.24) is 5.32 Å². The monoisotopic (exact) mass is 239 g/mol. The van der Waals surface area contributed by atoms with Crippen LogP contribution in [0.4, 0.5) is 4.79 Å². The number of amides is 1. The number of ether oxygens (including phenoxy) is 1. The molecule has 0 radical (unpaired) electrons. The second-order valence-corrected chi connectivity index (χ2v) is 5.84. The van der Waals surface area contributed by atoms with Crippen LogP contribution in [0.25, 0.3) is 0 Å². The quantitative estimate of drug-likeness (QED) is 0.762. The molecule has 0 aliphatic heterocycles. The van der Waals surface area contributed by atoms with E-state index in [1.165, 1.54) is 5.57 Å². The molecular weight excluding hydrogens is 214 g/mol. The van der Waals surface area contributed by atoms with Gasteiger partial charge in [-0.25, -0.2) is 4.79 Å². The minimum Gasteiger partial charge on any atom is -0.450 e. The highest BCUT2D eigenvalue weighted by Gasteiger charge is 2.68. The summed E-state index contributed by atoms with van der Waals surface area (Å²) in [4.78, 5) is 11.5. The second-order valence-electron chi connectivity index (χ2n) is 5.84. The van der Waals surface area contributed by atoms with Gasteiger partial charge >= 0.3 is 6.09 Å². The van der Waals surface area contributed by atoms with Crippen molar-refractivity contribution >= 4 is 6.09 Å². The first-order chi connectivity index (χ1) is 7.75. The van der Waals surface area contributed by atoms with Crippen LogP contribution in [0.3, 0.4) is 0 Å². The highest BCUT2D eigenvalue weighted by molar-refractivity contribution is 5.69. The van der Waals surface area contributed by atoms with Gasteiger partial charge in [0.1, 0.15) is 0 Å². The van der Waals surface area contributed by atoms with Crippen molar-refractivity contribution < 1.29 is 9.53 Å². The third-order valence-electron chi connectivity index (χ3n) is 4.22. The van der Waals surface area contributed by atoms with E-state index in [9.17, 15) is 4.79 Å². The van der Waals surface area contributed by atoms with Crippen LogP contribution in [0.2, 0.25) is 0 Å². The van der Waals surface area contributed by atoms with Crippen LogP contribution in [0.1, 0.15) is 48.0 Å². The summed E-state index contributed by atoms with van der Waals surface area (Å²) < 4.78 is 4.96. The van der Waals surface area contributed by atoms with E-state index in [1.54, 1.807) is 0 Å². The van der Waals surface area contributed by atoms with Crippen LogP contribution in [0, 0.1) is 11.3 Å². The van der Waals surface area contributed by atoms with Gasteiger partial charge in [0.2, 0.25) is 0 Å². The number of hydrogen-bond donors (Lipinski definition) is 1. The van der Waals surface area contributed by atoms with Gasteiger partial charge in [-0.1, -0.05) is 25.5 Å². The fourth-order valence-electron chi connectivity index (χ4n) is 2.61. The molecule has 0 saturated heterocycles. The van der Waals surface area contributed by atoms with Gasteiger partial charge in [0.25, 0.3) is 0 Å². The van der Waals surface area contributed by atoms with Gasteiger partial charge < -0.3 is 10.1 Å². The summed E-state index contributed by atoms with van der Waals surface area (Å²) in [5.74, 6) is 0.481. The second kappa shape index (κ2) is 4.71. The van der Waals surface area contributed by atoms with Gasteiger partial charge in [-0.05, 0) is 45.4 Å². The lowest BCUT2D eigenvalue weighted by Crippen LogP contribution is -2.39. The summed E-state index contributed by atoms with van der Waals surface area (Å²) in [6, 6.07) is 0. The Balaban J connectivity index is 2.64. The average molecular weight is 239 g/mol. The SMILES string of the molecule is CCOC(=O)NC1(C)C(CC=C(C)C)C1(C)C. The van der Waals surface area contributed by atoms with Gasteiger partial charge in [-0.15, -0.1) is 0 Å². The van der Waals surface area contributed by atoms with Crippen LogP contribution in [0.5, 0.6) is 0 Å². The molecule has 3 nitrogen and oxygen atoms in total. The van der Waals surface area contributed by atoms with Crippen LogP contribution in [-0.4, -0.2) is 18.2 Å². The summed E-state index contributed by atoms with van der Waals surface area (Å²) >= 11 is 0. The molecule has 2 unspecified atom stereocenters. The molecule has 1 rings (SSSR count). The highest BCUT2D eigenvalue weighted by atomic mass is 16.5. The Morgan fingerprint density at radius 2 is 1.94 bits per heavy atom. The Hall–Kier alpha value is -0.990. The molecule has 17 heavy (non-hydrogen) atoms. The number of allylic oxidation sites excluding steroid dienone is 2. The molecule has 0 heterocycles. The van der Waals surface area contributed by atoms with Gasteiger partial charge in [0.05, 0.1) is 6.61 Å². The van der Waals surface area contributed by atoms with E-state index in [0.717, 1.165) is 6.42 Å². The first-order valence-corrected chi connectivity index (χ1v) is 6.34. The number of nitrogens with one attached hydrogen (secondary N) is 1. The van der Waals surface area contributed by atoms with Crippen molar-refractivity contribution in [2.24, 2.45) is 11.3 Å². The number of carbonyl (C=O) groups is 1. The molecule has 0 spiro atoms. The van der Waals surface area contributed by atoms with E-state index in [0.29, 0.717) is 12.5 Å². The first-order valence-electron chi connectivity index (χ1n) is 6.34. The highest BCUT2D eigenvalue weighted by Crippen LogP contribution is 2.63. The Kier molecular flexibility index (Phi) is 3.90. The number of alkyl carbamates (subject to hydrolysis) is 1. The summed E-state index contributed by atoms with van der Waals surface area (Å²) in [6.07, 6.45) is 2.95. The molecule has 1 amide bonds. The smallest absolute Gasteiger partial charge is 0.407 e. The molecule has 0 aromatic heterocycles. The number of hydrogen-bond acceptors (Lipinski definition) is 2. The Morgan fingerprint density at radius 1 is 1.35 bits per heavy atom. The molecule has 98 valence electrons. The lowest BCUT2D eigenvalue weighted by Gasteiger charge is -2.16. The summed E-state index contributed by atoms with van der Waals surface area (Å²) in [5, 5.41) is 3.00. The summed E-state index contributed by atoms with van der Waals surface area (Å²) in [7, 11) is 0. The summed E-state index contributed by atoms with van der Waals surface area (Å²) in [6.45, 7) is 12.9. The first kappa shape index (κ1) is 14.1. The molecule has 1 N–H and O–H groups in total. The molecule has 0 aromatic rings. The van der Waals surface area contributed by atoms with Crippen molar-refractivity contribution in [3.05, 3.63) is 11.6 Å². The predicted molar refractivity (Wildman–Crippen MR) is 69.9 cm³/mol. The van der Waals surface area contributed by atoms with E-state index < -0.39 is 0 Å². The fraction of sp³-hybridized carbons (Fsp3) is 0.786. The van der Waals surface area contributed by atoms with Gasteiger partial charge in [0, 0.05) is 5.54 Å². The van der Waals surface area contributed by atoms with Gasteiger partial charge in [-0.3, -0.25) is 0 Å². The fourth-order valence-corrected chi connectivity index (χ4v) is 2.61. The molecule has 1 aliphatic carbocycles. The van der Waals surface area contributed by atoms with Crippen molar-refractivity contribution in [1.29, 1.82) is 0 Å². The molecule has 1 saturated carbocycles. The van der Waals surface area contributed by atoms with E-state index in [1.807, 2.05) is 6.92 Å². The molecule has 1 fully saturated rings. The average Bonchev–Trinajstić information content (AvgIpc) is 2.56. The zero-order chi connectivity index (χ0) is 13.3.